The van der Waals surface area contributed by atoms with Crippen LogP contribution >= 0.6 is 0 Å². The molecule has 0 saturated carbocycles. The number of aliphatic hydroxyl groups excluding tert-OH is 1. The molecule has 96 valence electrons. The van der Waals surface area contributed by atoms with Crippen molar-refractivity contribution in [2.75, 3.05) is 19.6 Å². The molecule has 0 amide bonds. The van der Waals surface area contributed by atoms with Crippen molar-refractivity contribution in [1.82, 2.24) is 4.90 Å². The van der Waals surface area contributed by atoms with Gasteiger partial charge in [-0.05, 0) is 5.56 Å². The van der Waals surface area contributed by atoms with E-state index in [1.54, 1.807) is 0 Å². The third kappa shape index (κ3) is 2.79. The predicted octanol–water partition coefficient (Wildman–Crippen LogP) is 1.48. The molecule has 1 aromatic carbocycles. The van der Waals surface area contributed by atoms with Gasteiger partial charge in [0.05, 0.1) is 6.42 Å². The summed E-state index contributed by atoms with van der Waals surface area (Å²) in [6.45, 7) is 8.30. The fourth-order valence-corrected chi connectivity index (χ4v) is 2.41. The largest absolute Gasteiger partial charge is 0.356 e. The summed E-state index contributed by atoms with van der Waals surface area (Å²) < 4.78 is 2.28. The second-order valence-corrected chi connectivity index (χ2v) is 4.64. The Kier molecular flexibility index (Phi) is 4.15. The van der Waals surface area contributed by atoms with Gasteiger partial charge in [-0.15, -0.1) is 0 Å². The van der Waals surface area contributed by atoms with Crippen LogP contribution in [0.1, 0.15) is 12.5 Å². The fourth-order valence-electron chi connectivity index (χ4n) is 2.41. The first-order chi connectivity index (χ1) is 8.72. The average molecular weight is 245 g/mol. The summed E-state index contributed by atoms with van der Waals surface area (Å²) in [5.41, 5.74) is 1.27. The normalized spacial score (nSPS) is 17.1. The summed E-state index contributed by atoms with van der Waals surface area (Å²) in [5, 5.41) is 9.84. The van der Waals surface area contributed by atoms with Gasteiger partial charge in [0.15, 0.2) is 6.23 Å². The maximum absolute atomic E-state index is 9.84. The van der Waals surface area contributed by atoms with Crippen molar-refractivity contribution in [2.24, 2.45) is 0 Å². The van der Waals surface area contributed by atoms with E-state index in [9.17, 15) is 5.11 Å². The number of rotatable bonds is 5. The Morgan fingerprint density at radius 2 is 2.17 bits per heavy atom. The lowest BCUT2D eigenvalue weighted by atomic mass is 10.1. The summed E-state index contributed by atoms with van der Waals surface area (Å²) in [5.74, 6) is 1.19. The second-order valence-electron chi connectivity index (χ2n) is 4.64. The van der Waals surface area contributed by atoms with E-state index in [1.807, 2.05) is 19.1 Å². The SMILES string of the molecule is C=CC[N+]1=C(Cc2ccccc2)N(C(C)O)CC1. The topological polar surface area (TPSA) is 26.5 Å². The molecule has 1 atom stereocenters. The highest BCUT2D eigenvalue weighted by atomic mass is 16.3. The van der Waals surface area contributed by atoms with Gasteiger partial charge in [0.2, 0.25) is 0 Å². The fraction of sp³-hybridized carbons (Fsp3) is 0.400. The first kappa shape index (κ1) is 12.8. The van der Waals surface area contributed by atoms with Gasteiger partial charge in [0.1, 0.15) is 19.6 Å². The molecule has 1 aliphatic heterocycles. The minimum absolute atomic E-state index is 0.432. The Morgan fingerprint density at radius 3 is 2.78 bits per heavy atom. The zero-order valence-electron chi connectivity index (χ0n) is 10.9. The smallest absolute Gasteiger partial charge is 0.253 e. The molecule has 0 bridgehead atoms. The summed E-state index contributed by atoms with van der Waals surface area (Å²) in [6, 6.07) is 10.4. The molecule has 0 aromatic heterocycles. The van der Waals surface area contributed by atoms with Crippen LogP contribution < -0.4 is 0 Å². The highest BCUT2D eigenvalue weighted by Gasteiger charge is 2.32. The van der Waals surface area contributed by atoms with Crippen molar-refractivity contribution in [2.45, 2.75) is 19.6 Å². The Morgan fingerprint density at radius 1 is 1.44 bits per heavy atom. The molecule has 0 spiro atoms. The number of hydrogen-bond acceptors (Lipinski definition) is 2. The van der Waals surface area contributed by atoms with Gasteiger partial charge >= 0.3 is 0 Å². The van der Waals surface area contributed by atoms with Crippen LogP contribution in [0, 0.1) is 0 Å². The van der Waals surface area contributed by atoms with E-state index < -0.39 is 6.23 Å². The molecule has 2 rings (SSSR count). The number of benzene rings is 1. The highest BCUT2D eigenvalue weighted by Crippen LogP contribution is 2.11. The molecule has 0 aliphatic carbocycles. The van der Waals surface area contributed by atoms with Gasteiger partial charge in [0.25, 0.3) is 5.84 Å². The number of aliphatic hydroxyl groups is 1. The third-order valence-electron chi connectivity index (χ3n) is 3.31. The molecule has 1 heterocycles. The summed E-state index contributed by atoms with van der Waals surface area (Å²) >= 11 is 0. The lowest BCUT2D eigenvalue weighted by Gasteiger charge is -2.16. The van der Waals surface area contributed by atoms with E-state index in [4.69, 9.17) is 0 Å². The maximum atomic E-state index is 9.84. The first-order valence-corrected chi connectivity index (χ1v) is 6.42. The van der Waals surface area contributed by atoms with Crippen molar-refractivity contribution in [3.8, 4) is 0 Å². The number of hydrogen-bond donors (Lipinski definition) is 1. The Labute approximate surface area is 109 Å². The lowest BCUT2D eigenvalue weighted by molar-refractivity contribution is -0.508. The van der Waals surface area contributed by atoms with Crippen LogP contribution in [0.2, 0.25) is 0 Å². The highest BCUT2D eigenvalue weighted by molar-refractivity contribution is 5.81. The van der Waals surface area contributed by atoms with Crippen LogP contribution in [-0.2, 0) is 6.42 Å². The molecule has 0 saturated heterocycles. The third-order valence-corrected chi connectivity index (χ3v) is 3.31. The summed E-state index contributed by atoms with van der Waals surface area (Å²) in [6.07, 6.45) is 2.34. The van der Waals surface area contributed by atoms with Gasteiger partial charge in [0, 0.05) is 6.92 Å². The monoisotopic (exact) mass is 245 g/mol. The van der Waals surface area contributed by atoms with E-state index in [-0.39, 0.29) is 0 Å². The standard InChI is InChI=1S/C15H21N2O/c1-3-9-16-10-11-17(13(2)18)15(16)12-14-7-5-4-6-8-14/h3-8,13,18H,1,9-12H2,2H3/q+1. The minimum Gasteiger partial charge on any atom is -0.356 e. The van der Waals surface area contributed by atoms with Gasteiger partial charge < -0.3 is 5.11 Å². The molecule has 3 nitrogen and oxygen atoms in total. The first-order valence-electron chi connectivity index (χ1n) is 6.42. The van der Waals surface area contributed by atoms with E-state index in [0.717, 1.165) is 26.1 Å². The second kappa shape index (κ2) is 5.83. The number of amidine groups is 1. The van der Waals surface area contributed by atoms with Crippen LogP contribution in [0.3, 0.4) is 0 Å². The van der Waals surface area contributed by atoms with Crippen molar-refractivity contribution in [1.29, 1.82) is 0 Å². The van der Waals surface area contributed by atoms with Crippen molar-refractivity contribution >= 4 is 5.84 Å². The van der Waals surface area contributed by atoms with Crippen LogP contribution in [0.4, 0.5) is 0 Å². The molecule has 1 aliphatic rings. The van der Waals surface area contributed by atoms with Gasteiger partial charge in [-0.1, -0.05) is 43.0 Å². The molecule has 1 unspecified atom stereocenters. The van der Waals surface area contributed by atoms with E-state index >= 15 is 0 Å². The molecule has 1 N–H and O–H groups in total. The molecular formula is C15H21N2O+. The van der Waals surface area contributed by atoms with E-state index in [1.165, 1.54) is 11.4 Å². The lowest BCUT2D eigenvalue weighted by Crippen LogP contribution is -2.38. The van der Waals surface area contributed by atoms with Gasteiger partial charge in [-0.25, -0.2) is 4.90 Å². The zero-order chi connectivity index (χ0) is 13.0. The molecule has 1 aromatic rings. The molecule has 18 heavy (non-hydrogen) atoms. The van der Waals surface area contributed by atoms with Gasteiger partial charge in [-0.3, -0.25) is 4.58 Å². The Bertz CT molecular complexity index is 437. The van der Waals surface area contributed by atoms with Crippen LogP contribution in [0.25, 0.3) is 0 Å². The predicted molar refractivity (Wildman–Crippen MR) is 73.7 cm³/mol. The van der Waals surface area contributed by atoms with Crippen molar-refractivity contribution < 1.29 is 9.68 Å². The molecule has 3 heteroatoms. The van der Waals surface area contributed by atoms with Gasteiger partial charge in [-0.2, -0.15) is 0 Å². The minimum atomic E-state index is -0.432. The quantitative estimate of drug-likeness (QED) is 0.628. The number of nitrogens with zero attached hydrogens (tertiary/aromatic N) is 2. The van der Waals surface area contributed by atoms with E-state index in [0.29, 0.717) is 0 Å². The van der Waals surface area contributed by atoms with Crippen molar-refractivity contribution in [3.05, 3.63) is 48.6 Å². The van der Waals surface area contributed by atoms with Crippen LogP contribution in [-0.4, -0.2) is 46.3 Å². The van der Waals surface area contributed by atoms with E-state index in [2.05, 4.69) is 40.3 Å². The summed E-state index contributed by atoms with van der Waals surface area (Å²) in [7, 11) is 0. The summed E-state index contributed by atoms with van der Waals surface area (Å²) in [4.78, 5) is 2.07. The maximum Gasteiger partial charge on any atom is 0.253 e. The van der Waals surface area contributed by atoms with Crippen molar-refractivity contribution in [3.63, 3.8) is 0 Å². The molecular weight excluding hydrogens is 224 g/mol. The van der Waals surface area contributed by atoms with Crippen LogP contribution in [0.5, 0.6) is 0 Å². The average Bonchev–Trinajstić information content (AvgIpc) is 2.74. The Balaban J connectivity index is 2.23. The molecule has 0 fully saturated rings. The zero-order valence-corrected chi connectivity index (χ0v) is 10.9. The molecule has 0 radical (unpaired) electrons. The van der Waals surface area contributed by atoms with Crippen LogP contribution in [0.15, 0.2) is 43.0 Å². The Hall–Kier alpha value is -1.61.